The Bertz CT molecular complexity index is 583. The summed E-state index contributed by atoms with van der Waals surface area (Å²) in [5.41, 5.74) is 0.452. The molecule has 1 unspecified atom stereocenters. The van der Waals surface area contributed by atoms with E-state index in [0.29, 0.717) is 6.42 Å². The average Bonchev–Trinajstić information content (AvgIpc) is 2.68. The van der Waals surface area contributed by atoms with Crippen LogP contribution in [0.5, 0.6) is 0 Å². The van der Waals surface area contributed by atoms with E-state index in [1.807, 2.05) is 6.07 Å². The van der Waals surface area contributed by atoms with E-state index >= 15 is 0 Å². The van der Waals surface area contributed by atoms with Gasteiger partial charge in [0.1, 0.15) is 6.04 Å². The van der Waals surface area contributed by atoms with Gasteiger partial charge in [0, 0.05) is 6.42 Å². The van der Waals surface area contributed by atoms with E-state index in [-0.39, 0.29) is 24.0 Å². The molecule has 1 aliphatic rings. The van der Waals surface area contributed by atoms with Crippen LogP contribution in [0.4, 0.5) is 0 Å². The normalized spacial score (nSPS) is 14.8. The van der Waals surface area contributed by atoms with E-state index < -0.39 is 23.8 Å². The van der Waals surface area contributed by atoms with Gasteiger partial charge in [-0.05, 0) is 25.0 Å². The van der Waals surface area contributed by atoms with E-state index in [9.17, 15) is 19.5 Å². The number of nitrogens with zero attached hydrogens (tertiary/aromatic N) is 2. The second-order valence-electron chi connectivity index (χ2n) is 4.43. The van der Waals surface area contributed by atoms with Crippen molar-refractivity contribution in [2.45, 2.75) is 25.3 Å². The molecule has 0 saturated carbocycles. The summed E-state index contributed by atoms with van der Waals surface area (Å²) < 4.78 is 0. The highest BCUT2D eigenvalue weighted by Gasteiger charge is 2.42. The topological polar surface area (TPSA) is 98.5 Å². The molecule has 1 N–H and O–H groups in total. The number of nitriles is 1. The van der Waals surface area contributed by atoms with E-state index in [1.54, 1.807) is 12.1 Å². The number of carboxylic acids is 1. The van der Waals surface area contributed by atoms with Crippen molar-refractivity contribution in [2.24, 2.45) is 0 Å². The van der Waals surface area contributed by atoms with Crippen LogP contribution in [0.3, 0.4) is 0 Å². The summed E-state index contributed by atoms with van der Waals surface area (Å²) in [6.45, 7) is 0. The van der Waals surface area contributed by atoms with Gasteiger partial charge in [0.15, 0.2) is 0 Å². The molecule has 1 aromatic carbocycles. The third-order valence-corrected chi connectivity index (χ3v) is 3.19. The van der Waals surface area contributed by atoms with Crippen LogP contribution in [0.15, 0.2) is 24.3 Å². The Kier molecular flexibility index (Phi) is 3.80. The lowest BCUT2D eigenvalue weighted by atomic mass is 10.1. The molecule has 6 nitrogen and oxygen atoms in total. The molecule has 20 heavy (non-hydrogen) atoms. The molecule has 1 atom stereocenters. The van der Waals surface area contributed by atoms with Crippen LogP contribution < -0.4 is 0 Å². The van der Waals surface area contributed by atoms with Crippen molar-refractivity contribution in [1.82, 2.24) is 4.90 Å². The lowest BCUT2D eigenvalue weighted by Crippen LogP contribution is -2.44. The number of hydrogen-bond donors (Lipinski definition) is 1. The van der Waals surface area contributed by atoms with E-state index in [4.69, 9.17) is 5.26 Å². The van der Waals surface area contributed by atoms with Gasteiger partial charge in [0.05, 0.1) is 17.2 Å². The van der Waals surface area contributed by atoms with Gasteiger partial charge in [0.25, 0.3) is 11.8 Å². The van der Waals surface area contributed by atoms with Gasteiger partial charge in [-0.1, -0.05) is 12.1 Å². The van der Waals surface area contributed by atoms with Crippen molar-refractivity contribution in [3.8, 4) is 6.07 Å². The fourth-order valence-corrected chi connectivity index (χ4v) is 2.23. The molecular formula is C14H12N2O4. The smallest absolute Gasteiger partial charge is 0.326 e. The fraction of sp³-hybridized carbons (Fsp3) is 0.286. The molecule has 0 aliphatic carbocycles. The lowest BCUT2D eigenvalue weighted by Gasteiger charge is -2.22. The number of rotatable bonds is 5. The quantitative estimate of drug-likeness (QED) is 0.645. The zero-order valence-corrected chi connectivity index (χ0v) is 10.6. The van der Waals surface area contributed by atoms with Crippen molar-refractivity contribution in [2.75, 3.05) is 0 Å². The largest absolute Gasteiger partial charge is 0.480 e. The fourth-order valence-electron chi connectivity index (χ4n) is 2.23. The SMILES string of the molecule is N#CCCCC(C(=O)O)N1C(=O)c2ccccc2C1=O. The van der Waals surface area contributed by atoms with Crippen LogP contribution >= 0.6 is 0 Å². The van der Waals surface area contributed by atoms with Gasteiger partial charge >= 0.3 is 5.97 Å². The summed E-state index contributed by atoms with van der Waals surface area (Å²) in [6.07, 6.45) is 0.585. The zero-order chi connectivity index (χ0) is 14.7. The first-order valence-corrected chi connectivity index (χ1v) is 6.14. The molecule has 1 aromatic rings. The number of fused-ring (bicyclic) bond motifs is 1. The van der Waals surface area contributed by atoms with Crippen LogP contribution in [0.2, 0.25) is 0 Å². The summed E-state index contributed by atoms with van der Waals surface area (Å²) >= 11 is 0. The number of aliphatic carboxylic acids is 1. The molecule has 102 valence electrons. The molecule has 0 radical (unpaired) electrons. The molecule has 0 aromatic heterocycles. The van der Waals surface area contributed by atoms with Crippen molar-refractivity contribution in [3.05, 3.63) is 35.4 Å². The number of carbonyl (C=O) groups is 3. The first kappa shape index (κ1) is 13.7. The van der Waals surface area contributed by atoms with Gasteiger partial charge in [-0.25, -0.2) is 4.79 Å². The number of carbonyl (C=O) groups excluding carboxylic acids is 2. The van der Waals surface area contributed by atoms with Crippen LogP contribution in [-0.4, -0.2) is 33.8 Å². The van der Waals surface area contributed by atoms with E-state index in [2.05, 4.69) is 0 Å². The Morgan fingerprint density at radius 2 is 1.80 bits per heavy atom. The Morgan fingerprint density at radius 3 is 2.25 bits per heavy atom. The minimum absolute atomic E-state index is 0.0777. The van der Waals surface area contributed by atoms with Gasteiger partial charge in [-0.3, -0.25) is 14.5 Å². The summed E-state index contributed by atoms with van der Waals surface area (Å²) in [7, 11) is 0. The molecule has 2 rings (SSSR count). The first-order chi connectivity index (χ1) is 9.57. The molecule has 0 fully saturated rings. The average molecular weight is 272 g/mol. The summed E-state index contributed by atoms with van der Waals surface area (Å²) in [5.74, 6) is -2.41. The predicted molar refractivity (Wildman–Crippen MR) is 67.8 cm³/mol. The number of carboxylic acid groups (broad SMARTS) is 1. The molecule has 2 amide bonds. The van der Waals surface area contributed by atoms with Gasteiger partial charge in [-0.2, -0.15) is 5.26 Å². The summed E-state index contributed by atoms with van der Waals surface area (Å²) in [6, 6.07) is 6.94. The Labute approximate surface area is 115 Å². The standard InChI is InChI=1S/C14H12N2O4/c15-8-4-3-7-11(14(19)20)16-12(17)9-5-1-2-6-10(9)13(16)18/h1-2,5-6,11H,3-4,7H2,(H,19,20). The summed E-state index contributed by atoms with van der Waals surface area (Å²) in [5, 5.41) is 17.7. The van der Waals surface area contributed by atoms with Crippen molar-refractivity contribution < 1.29 is 19.5 Å². The maximum absolute atomic E-state index is 12.2. The maximum atomic E-state index is 12.2. The van der Waals surface area contributed by atoms with Gasteiger partial charge in [-0.15, -0.1) is 0 Å². The molecule has 6 heteroatoms. The first-order valence-electron chi connectivity index (χ1n) is 6.14. The lowest BCUT2D eigenvalue weighted by molar-refractivity contribution is -0.141. The highest BCUT2D eigenvalue weighted by atomic mass is 16.4. The Hall–Kier alpha value is -2.68. The number of hydrogen-bond acceptors (Lipinski definition) is 4. The number of benzene rings is 1. The maximum Gasteiger partial charge on any atom is 0.326 e. The molecule has 1 heterocycles. The number of unbranched alkanes of at least 4 members (excludes halogenated alkanes) is 1. The molecular weight excluding hydrogens is 260 g/mol. The van der Waals surface area contributed by atoms with Crippen LogP contribution in [0, 0.1) is 11.3 Å². The number of amides is 2. The Morgan fingerprint density at radius 1 is 1.25 bits per heavy atom. The second kappa shape index (κ2) is 5.53. The van der Waals surface area contributed by atoms with E-state index in [1.165, 1.54) is 12.1 Å². The van der Waals surface area contributed by atoms with Crippen LogP contribution in [0.1, 0.15) is 40.0 Å². The minimum Gasteiger partial charge on any atom is -0.480 e. The monoisotopic (exact) mass is 272 g/mol. The number of imide groups is 1. The minimum atomic E-state index is -1.24. The predicted octanol–water partition coefficient (Wildman–Crippen LogP) is 1.43. The van der Waals surface area contributed by atoms with Gasteiger partial charge < -0.3 is 5.11 Å². The van der Waals surface area contributed by atoms with Crippen molar-refractivity contribution in [1.29, 1.82) is 5.26 Å². The zero-order valence-electron chi connectivity index (χ0n) is 10.6. The van der Waals surface area contributed by atoms with Crippen LogP contribution in [-0.2, 0) is 4.79 Å². The molecule has 0 saturated heterocycles. The van der Waals surface area contributed by atoms with Gasteiger partial charge in [0.2, 0.25) is 0 Å². The highest BCUT2D eigenvalue weighted by molar-refractivity contribution is 6.22. The van der Waals surface area contributed by atoms with E-state index in [0.717, 1.165) is 4.90 Å². The summed E-state index contributed by atoms with van der Waals surface area (Å²) in [4.78, 5) is 36.4. The Balaban J connectivity index is 2.28. The van der Waals surface area contributed by atoms with Crippen molar-refractivity contribution >= 4 is 17.8 Å². The molecule has 0 spiro atoms. The molecule has 1 aliphatic heterocycles. The van der Waals surface area contributed by atoms with Crippen molar-refractivity contribution in [3.63, 3.8) is 0 Å². The second-order valence-corrected chi connectivity index (χ2v) is 4.43. The molecule has 0 bridgehead atoms. The third kappa shape index (κ3) is 2.26. The third-order valence-electron chi connectivity index (χ3n) is 3.19. The highest BCUT2D eigenvalue weighted by Crippen LogP contribution is 2.26. The van der Waals surface area contributed by atoms with Crippen LogP contribution in [0.25, 0.3) is 0 Å².